The zero-order valence-electron chi connectivity index (χ0n) is 15.8. The molecule has 2 saturated heterocycles. The highest BCUT2D eigenvalue weighted by atomic mass is 32.2. The van der Waals surface area contributed by atoms with Crippen LogP contribution in [0.5, 0.6) is 0 Å². The Morgan fingerprint density at radius 3 is 1.33 bits per heavy atom. The van der Waals surface area contributed by atoms with Crippen LogP contribution in [0.2, 0.25) is 0 Å². The molecule has 0 spiro atoms. The van der Waals surface area contributed by atoms with Gasteiger partial charge in [-0.2, -0.15) is 0 Å². The van der Waals surface area contributed by atoms with Gasteiger partial charge < -0.3 is 9.47 Å². The zero-order valence-corrected chi connectivity index (χ0v) is 16.6. The molecule has 0 unspecified atom stereocenters. The van der Waals surface area contributed by atoms with Crippen molar-refractivity contribution in [1.82, 2.24) is 9.80 Å². The third-order valence-electron chi connectivity index (χ3n) is 5.10. The lowest BCUT2D eigenvalue weighted by molar-refractivity contribution is 0.0341. The maximum atomic E-state index is 5.42. The number of nitrogens with zero attached hydrogens (tertiary/aromatic N) is 2. The molecule has 0 atom stereocenters. The first kappa shape index (κ1) is 19.0. The summed E-state index contributed by atoms with van der Waals surface area (Å²) in [5, 5.41) is 0. The van der Waals surface area contributed by atoms with E-state index in [1.165, 1.54) is 20.9 Å². The molecular weight excluding hydrogens is 356 g/mol. The average Bonchev–Trinajstić information content (AvgIpc) is 2.73. The SMILES string of the molecule is c1cc(Sc2ccc(CN3CCOCC3)cc2)ccc1CN1CCOCC1. The lowest BCUT2D eigenvalue weighted by atomic mass is 10.2. The van der Waals surface area contributed by atoms with E-state index in [4.69, 9.17) is 9.47 Å². The third kappa shape index (κ3) is 5.80. The van der Waals surface area contributed by atoms with E-state index in [0.717, 1.165) is 65.7 Å². The quantitative estimate of drug-likeness (QED) is 0.759. The van der Waals surface area contributed by atoms with E-state index in [1.54, 1.807) is 0 Å². The van der Waals surface area contributed by atoms with Crippen LogP contribution in [0, 0.1) is 0 Å². The van der Waals surface area contributed by atoms with Crippen molar-refractivity contribution < 1.29 is 9.47 Å². The summed E-state index contributed by atoms with van der Waals surface area (Å²) in [5.74, 6) is 0. The van der Waals surface area contributed by atoms with Crippen molar-refractivity contribution in [2.45, 2.75) is 22.9 Å². The number of rotatable bonds is 6. The van der Waals surface area contributed by atoms with E-state index in [9.17, 15) is 0 Å². The fourth-order valence-electron chi connectivity index (χ4n) is 3.50. The molecule has 2 fully saturated rings. The van der Waals surface area contributed by atoms with Crippen molar-refractivity contribution in [2.75, 3.05) is 52.6 Å². The van der Waals surface area contributed by atoms with Gasteiger partial charge in [0.25, 0.3) is 0 Å². The average molecular weight is 385 g/mol. The summed E-state index contributed by atoms with van der Waals surface area (Å²) in [6, 6.07) is 18.0. The summed E-state index contributed by atoms with van der Waals surface area (Å²) >= 11 is 1.83. The van der Waals surface area contributed by atoms with Crippen molar-refractivity contribution in [2.24, 2.45) is 0 Å². The van der Waals surface area contributed by atoms with Crippen molar-refractivity contribution in [3.05, 3.63) is 59.7 Å². The van der Waals surface area contributed by atoms with Crippen LogP contribution in [-0.2, 0) is 22.6 Å². The molecule has 4 rings (SSSR count). The van der Waals surface area contributed by atoms with Gasteiger partial charge in [0.05, 0.1) is 26.4 Å². The van der Waals surface area contributed by atoms with Crippen LogP contribution >= 0.6 is 11.8 Å². The number of ether oxygens (including phenoxy) is 2. The third-order valence-corrected chi connectivity index (χ3v) is 6.12. The van der Waals surface area contributed by atoms with Crippen LogP contribution in [0.4, 0.5) is 0 Å². The lowest BCUT2D eigenvalue weighted by Gasteiger charge is -2.26. The Morgan fingerprint density at radius 1 is 0.593 bits per heavy atom. The molecule has 0 aromatic heterocycles. The monoisotopic (exact) mass is 384 g/mol. The fraction of sp³-hybridized carbons (Fsp3) is 0.455. The molecule has 2 aromatic carbocycles. The summed E-state index contributed by atoms with van der Waals surface area (Å²) in [6.07, 6.45) is 0. The second-order valence-electron chi connectivity index (χ2n) is 7.17. The van der Waals surface area contributed by atoms with Gasteiger partial charge in [-0.25, -0.2) is 0 Å². The molecule has 0 radical (unpaired) electrons. The van der Waals surface area contributed by atoms with Crippen LogP contribution in [0.3, 0.4) is 0 Å². The molecule has 2 aliphatic heterocycles. The standard InChI is InChI=1S/C22H28N2O2S/c1-5-21(6-2-19(1)17-23-9-13-25-14-10-23)27-22-7-3-20(4-8-22)18-24-11-15-26-16-12-24/h1-8H,9-18H2. The maximum absolute atomic E-state index is 5.42. The van der Waals surface area contributed by atoms with E-state index in [0.29, 0.717) is 0 Å². The number of hydrogen-bond acceptors (Lipinski definition) is 5. The van der Waals surface area contributed by atoms with E-state index < -0.39 is 0 Å². The molecule has 0 saturated carbocycles. The van der Waals surface area contributed by atoms with Crippen molar-refractivity contribution in [1.29, 1.82) is 0 Å². The molecule has 4 nitrogen and oxygen atoms in total. The molecule has 27 heavy (non-hydrogen) atoms. The van der Waals surface area contributed by atoms with Crippen molar-refractivity contribution >= 4 is 11.8 Å². The van der Waals surface area contributed by atoms with Gasteiger partial charge in [-0.3, -0.25) is 9.80 Å². The van der Waals surface area contributed by atoms with Gasteiger partial charge in [0.2, 0.25) is 0 Å². The first-order valence-corrected chi connectivity index (χ1v) is 10.6. The Hall–Kier alpha value is -1.37. The minimum Gasteiger partial charge on any atom is -0.379 e. The van der Waals surface area contributed by atoms with Gasteiger partial charge in [-0.05, 0) is 35.4 Å². The highest BCUT2D eigenvalue weighted by Gasteiger charge is 2.11. The van der Waals surface area contributed by atoms with Gasteiger partial charge in [0, 0.05) is 49.1 Å². The summed E-state index contributed by atoms with van der Waals surface area (Å²) in [5.41, 5.74) is 2.75. The normalized spacial score (nSPS) is 19.3. The van der Waals surface area contributed by atoms with Gasteiger partial charge in [0.15, 0.2) is 0 Å². The predicted octanol–water partition coefficient (Wildman–Crippen LogP) is 3.50. The Morgan fingerprint density at radius 2 is 0.963 bits per heavy atom. The van der Waals surface area contributed by atoms with Gasteiger partial charge in [-0.1, -0.05) is 36.0 Å². The molecule has 2 heterocycles. The molecule has 0 N–H and O–H groups in total. The summed E-state index contributed by atoms with van der Waals surface area (Å²) < 4.78 is 10.8. The van der Waals surface area contributed by atoms with Crippen molar-refractivity contribution in [3.63, 3.8) is 0 Å². The molecule has 2 aromatic rings. The number of benzene rings is 2. The van der Waals surface area contributed by atoms with Crippen LogP contribution in [-0.4, -0.2) is 62.4 Å². The molecule has 0 aliphatic carbocycles. The minimum atomic E-state index is 0.857. The highest BCUT2D eigenvalue weighted by molar-refractivity contribution is 7.99. The molecule has 0 bridgehead atoms. The smallest absolute Gasteiger partial charge is 0.0594 e. The number of morpholine rings is 2. The van der Waals surface area contributed by atoms with Gasteiger partial charge in [0.1, 0.15) is 0 Å². The Balaban J connectivity index is 1.29. The van der Waals surface area contributed by atoms with Crippen LogP contribution in [0.1, 0.15) is 11.1 Å². The lowest BCUT2D eigenvalue weighted by Crippen LogP contribution is -2.35. The molecule has 0 amide bonds. The maximum Gasteiger partial charge on any atom is 0.0594 e. The van der Waals surface area contributed by atoms with Crippen LogP contribution in [0.25, 0.3) is 0 Å². The van der Waals surface area contributed by atoms with Gasteiger partial charge >= 0.3 is 0 Å². The van der Waals surface area contributed by atoms with E-state index in [-0.39, 0.29) is 0 Å². The Kier molecular flexibility index (Phi) is 6.82. The molecular formula is C22H28N2O2S. The highest BCUT2D eigenvalue weighted by Crippen LogP contribution is 2.28. The molecule has 2 aliphatic rings. The Bertz CT molecular complexity index is 632. The summed E-state index contributed by atoms with van der Waals surface area (Å²) in [6.45, 7) is 9.60. The van der Waals surface area contributed by atoms with E-state index in [1.807, 2.05) is 11.8 Å². The van der Waals surface area contributed by atoms with E-state index >= 15 is 0 Å². The van der Waals surface area contributed by atoms with Gasteiger partial charge in [-0.15, -0.1) is 0 Å². The predicted molar refractivity (Wildman–Crippen MR) is 109 cm³/mol. The Labute approximate surface area is 166 Å². The van der Waals surface area contributed by atoms with Crippen molar-refractivity contribution in [3.8, 4) is 0 Å². The summed E-state index contributed by atoms with van der Waals surface area (Å²) in [7, 11) is 0. The number of hydrogen-bond donors (Lipinski definition) is 0. The fourth-order valence-corrected chi connectivity index (χ4v) is 4.31. The topological polar surface area (TPSA) is 24.9 Å². The van der Waals surface area contributed by atoms with Crippen LogP contribution < -0.4 is 0 Å². The second kappa shape index (κ2) is 9.71. The first-order chi connectivity index (χ1) is 13.3. The second-order valence-corrected chi connectivity index (χ2v) is 8.31. The summed E-state index contributed by atoms with van der Waals surface area (Å²) in [4.78, 5) is 7.50. The molecule has 5 heteroatoms. The largest absolute Gasteiger partial charge is 0.379 e. The first-order valence-electron chi connectivity index (χ1n) is 9.81. The zero-order chi connectivity index (χ0) is 18.3. The van der Waals surface area contributed by atoms with E-state index in [2.05, 4.69) is 58.3 Å². The minimum absolute atomic E-state index is 0.857. The molecule has 144 valence electrons. The van der Waals surface area contributed by atoms with Crippen LogP contribution in [0.15, 0.2) is 58.3 Å².